The number of amides is 1. The van der Waals surface area contributed by atoms with Crippen molar-refractivity contribution in [3.8, 4) is 11.5 Å². The molecule has 1 unspecified atom stereocenters. The number of methoxy groups -OCH3 is 1. The highest BCUT2D eigenvalue weighted by Gasteiger charge is 2.47. The number of hydrogen-bond donors (Lipinski definition) is 1. The second-order valence-corrected chi connectivity index (χ2v) is 8.31. The maximum absolute atomic E-state index is 13.3. The number of anilines is 2. The van der Waals surface area contributed by atoms with Crippen LogP contribution in [0, 0.1) is 0 Å². The summed E-state index contributed by atoms with van der Waals surface area (Å²) in [6, 6.07) is 20.5. The monoisotopic (exact) mass is 472 g/mol. The molecule has 7 nitrogen and oxygen atoms in total. The van der Waals surface area contributed by atoms with Gasteiger partial charge in [-0.25, -0.2) is 0 Å². The minimum Gasteiger partial charge on any atom is -0.507 e. The van der Waals surface area contributed by atoms with Crippen molar-refractivity contribution < 1.29 is 24.2 Å². The van der Waals surface area contributed by atoms with E-state index in [9.17, 15) is 14.7 Å². The fourth-order valence-electron chi connectivity index (χ4n) is 4.16. The van der Waals surface area contributed by atoms with E-state index in [2.05, 4.69) is 0 Å². The Balaban J connectivity index is 1.88. The Hall–Kier alpha value is -4.26. The first kappa shape index (κ1) is 23.9. The highest BCUT2D eigenvalue weighted by molar-refractivity contribution is 6.51. The maximum atomic E-state index is 13.3. The molecule has 1 heterocycles. The summed E-state index contributed by atoms with van der Waals surface area (Å²) in [6.07, 6.45) is 0. The summed E-state index contributed by atoms with van der Waals surface area (Å²) in [5, 5.41) is 11.3. The largest absolute Gasteiger partial charge is 0.507 e. The van der Waals surface area contributed by atoms with Crippen molar-refractivity contribution in [3.05, 3.63) is 89.5 Å². The van der Waals surface area contributed by atoms with E-state index in [1.165, 1.54) is 12.0 Å². The lowest BCUT2D eigenvalue weighted by atomic mass is 9.95. The molecule has 0 bridgehead atoms. The molecule has 1 aliphatic rings. The third kappa shape index (κ3) is 4.57. The van der Waals surface area contributed by atoms with Crippen molar-refractivity contribution in [1.29, 1.82) is 0 Å². The molecule has 1 atom stereocenters. The summed E-state index contributed by atoms with van der Waals surface area (Å²) in [6.45, 7) is 2.41. The van der Waals surface area contributed by atoms with E-state index >= 15 is 0 Å². The summed E-state index contributed by atoms with van der Waals surface area (Å²) >= 11 is 0. The van der Waals surface area contributed by atoms with E-state index in [0.29, 0.717) is 34.9 Å². The quantitative estimate of drug-likeness (QED) is 0.303. The molecule has 7 heteroatoms. The molecule has 1 fully saturated rings. The Morgan fingerprint density at radius 2 is 1.66 bits per heavy atom. The normalized spacial score (nSPS) is 16.9. The van der Waals surface area contributed by atoms with Gasteiger partial charge in [0.2, 0.25) is 0 Å². The molecule has 1 N–H and O–H groups in total. The summed E-state index contributed by atoms with van der Waals surface area (Å²) in [4.78, 5) is 30.0. The molecule has 0 saturated carbocycles. The molecule has 1 aliphatic heterocycles. The topological polar surface area (TPSA) is 79.3 Å². The Bertz CT molecular complexity index is 1260. The number of hydrogen-bond acceptors (Lipinski definition) is 6. The van der Waals surface area contributed by atoms with Gasteiger partial charge in [-0.2, -0.15) is 0 Å². The van der Waals surface area contributed by atoms with Crippen molar-refractivity contribution in [2.75, 3.05) is 37.6 Å². The average molecular weight is 473 g/mol. The number of benzene rings is 3. The zero-order valence-electron chi connectivity index (χ0n) is 20.2. The third-order valence-corrected chi connectivity index (χ3v) is 5.94. The second-order valence-electron chi connectivity index (χ2n) is 8.31. The average Bonchev–Trinajstić information content (AvgIpc) is 3.14. The van der Waals surface area contributed by atoms with Crippen LogP contribution in [0.2, 0.25) is 0 Å². The van der Waals surface area contributed by atoms with Crippen molar-refractivity contribution in [2.24, 2.45) is 0 Å². The van der Waals surface area contributed by atoms with Gasteiger partial charge >= 0.3 is 0 Å². The van der Waals surface area contributed by atoms with Gasteiger partial charge in [0.1, 0.15) is 17.3 Å². The van der Waals surface area contributed by atoms with Crippen LogP contribution in [0.3, 0.4) is 0 Å². The lowest BCUT2D eigenvalue weighted by Crippen LogP contribution is -2.29. The summed E-state index contributed by atoms with van der Waals surface area (Å²) in [5.74, 6) is -0.517. The van der Waals surface area contributed by atoms with Gasteiger partial charge < -0.3 is 19.5 Å². The van der Waals surface area contributed by atoms with Crippen LogP contribution in [0.1, 0.15) is 24.1 Å². The number of nitrogens with zero attached hydrogens (tertiary/aromatic N) is 2. The highest BCUT2D eigenvalue weighted by atomic mass is 16.5. The molecule has 3 aromatic carbocycles. The van der Waals surface area contributed by atoms with Crippen molar-refractivity contribution in [2.45, 2.75) is 13.0 Å². The summed E-state index contributed by atoms with van der Waals surface area (Å²) < 4.78 is 10.8. The van der Waals surface area contributed by atoms with Gasteiger partial charge in [0.25, 0.3) is 11.7 Å². The van der Waals surface area contributed by atoms with E-state index in [4.69, 9.17) is 9.47 Å². The van der Waals surface area contributed by atoms with E-state index in [0.717, 1.165) is 5.69 Å². The maximum Gasteiger partial charge on any atom is 0.300 e. The number of carbonyl (C=O) groups excluding carboxylic acids is 2. The first-order valence-electron chi connectivity index (χ1n) is 11.3. The molecule has 0 aromatic heterocycles. The lowest BCUT2D eigenvalue weighted by molar-refractivity contribution is -0.132. The van der Waals surface area contributed by atoms with Gasteiger partial charge in [-0.15, -0.1) is 0 Å². The molecule has 0 aliphatic carbocycles. The van der Waals surface area contributed by atoms with Gasteiger partial charge in [-0.1, -0.05) is 24.3 Å². The predicted octanol–water partition coefficient (Wildman–Crippen LogP) is 4.79. The Morgan fingerprint density at radius 3 is 2.26 bits per heavy atom. The van der Waals surface area contributed by atoms with Crippen molar-refractivity contribution in [3.63, 3.8) is 0 Å². The molecule has 180 valence electrons. The molecule has 4 rings (SSSR count). The highest BCUT2D eigenvalue weighted by Crippen LogP contribution is 2.43. The molecule has 1 saturated heterocycles. The van der Waals surface area contributed by atoms with Gasteiger partial charge in [-0.3, -0.25) is 14.5 Å². The van der Waals surface area contributed by atoms with Gasteiger partial charge in [0, 0.05) is 31.0 Å². The summed E-state index contributed by atoms with van der Waals surface area (Å²) in [5.41, 5.74) is 2.62. The van der Waals surface area contributed by atoms with Gasteiger partial charge in [0.15, 0.2) is 0 Å². The minimum atomic E-state index is -0.810. The van der Waals surface area contributed by atoms with Gasteiger partial charge in [-0.05, 0) is 61.0 Å². The molecule has 0 radical (unpaired) electrons. The second kappa shape index (κ2) is 9.93. The summed E-state index contributed by atoms with van der Waals surface area (Å²) in [7, 11) is 5.39. The minimum absolute atomic E-state index is 0.0229. The Morgan fingerprint density at radius 1 is 0.971 bits per heavy atom. The van der Waals surface area contributed by atoms with Crippen LogP contribution in [-0.2, 0) is 9.59 Å². The van der Waals surface area contributed by atoms with Gasteiger partial charge in [0.05, 0.1) is 25.3 Å². The van der Waals surface area contributed by atoms with Crippen LogP contribution in [0.5, 0.6) is 11.5 Å². The Kier molecular flexibility index (Phi) is 6.78. The number of aliphatic hydroxyl groups is 1. The van der Waals surface area contributed by atoms with Crippen LogP contribution in [0.15, 0.2) is 78.4 Å². The van der Waals surface area contributed by atoms with E-state index in [1.54, 1.807) is 48.5 Å². The van der Waals surface area contributed by atoms with E-state index in [-0.39, 0.29) is 11.3 Å². The fraction of sp³-hybridized carbons (Fsp3) is 0.214. The van der Waals surface area contributed by atoms with Crippen LogP contribution >= 0.6 is 0 Å². The van der Waals surface area contributed by atoms with Crippen molar-refractivity contribution >= 4 is 28.8 Å². The first-order valence-corrected chi connectivity index (χ1v) is 11.3. The standard InChI is InChI=1S/C28H28N2O5/c1-5-35-22-15-13-21(14-16-22)30-25(18-9-11-20(12-10-18)29(2)3)24(27(32)28(30)33)26(31)19-7-6-8-23(17-19)34-4/h6-17,25,31H,5H2,1-4H3/b26-24-. The van der Waals surface area contributed by atoms with Crippen LogP contribution < -0.4 is 19.3 Å². The molecule has 3 aromatic rings. The fourth-order valence-corrected chi connectivity index (χ4v) is 4.16. The molecule has 1 amide bonds. The van der Waals surface area contributed by atoms with Crippen molar-refractivity contribution in [1.82, 2.24) is 0 Å². The third-order valence-electron chi connectivity index (χ3n) is 5.94. The molecular weight excluding hydrogens is 444 g/mol. The Labute approximate surface area is 204 Å². The number of Topliss-reactive ketones (excluding diaryl/α,β-unsaturated/α-hetero) is 1. The number of rotatable bonds is 7. The zero-order chi connectivity index (χ0) is 25.1. The van der Waals surface area contributed by atoms with E-state index in [1.807, 2.05) is 50.2 Å². The van der Waals surface area contributed by atoms with Crippen LogP contribution in [0.4, 0.5) is 11.4 Å². The smallest absolute Gasteiger partial charge is 0.300 e. The number of carbonyl (C=O) groups is 2. The number of ether oxygens (including phenoxy) is 2. The first-order chi connectivity index (χ1) is 16.8. The lowest BCUT2D eigenvalue weighted by Gasteiger charge is -2.26. The molecule has 35 heavy (non-hydrogen) atoms. The molecular formula is C28H28N2O5. The van der Waals surface area contributed by atoms with E-state index < -0.39 is 17.7 Å². The number of ketones is 1. The molecule has 0 spiro atoms. The number of aliphatic hydroxyl groups excluding tert-OH is 1. The zero-order valence-corrected chi connectivity index (χ0v) is 20.2. The SMILES string of the molecule is CCOc1ccc(N2C(=O)C(=O)/C(=C(\O)c3cccc(OC)c3)C2c2ccc(N(C)C)cc2)cc1. The van der Waals surface area contributed by atoms with Crippen LogP contribution in [0.25, 0.3) is 5.76 Å². The predicted molar refractivity (Wildman–Crippen MR) is 136 cm³/mol. The van der Waals surface area contributed by atoms with Crippen LogP contribution in [-0.4, -0.2) is 44.6 Å².